The first kappa shape index (κ1) is 18.1. The van der Waals surface area contributed by atoms with Gasteiger partial charge in [0.15, 0.2) is 11.6 Å². The topological polar surface area (TPSA) is 62.3 Å². The molecule has 0 spiro atoms. The summed E-state index contributed by atoms with van der Waals surface area (Å²) in [7, 11) is 0. The van der Waals surface area contributed by atoms with Crippen LogP contribution in [0.5, 0.6) is 0 Å². The minimum absolute atomic E-state index is 0.395. The van der Waals surface area contributed by atoms with Crippen LogP contribution in [-0.4, -0.2) is 36.3 Å². The third kappa shape index (κ3) is 4.34. The Morgan fingerprint density at radius 3 is 2.36 bits per heavy atom. The fourth-order valence-electron chi connectivity index (χ4n) is 2.92. The fourth-order valence-corrected chi connectivity index (χ4v) is 2.92. The predicted octanol–water partition coefficient (Wildman–Crippen LogP) is 4.08. The van der Waals surface area contributed by atoms with Gasteiger partial charge in [0.2, 0.25) is 5.95 Å². The lowest BCUT2D eigenvalue weighted by Gasteiger charge is -2.28. The normalized spacial score (nSPS) is 14.0. The van der Waals surface area contributed by atoms with Gasteiger partial charge in [-0.1, -0.05) is 0 Å². The number of aromatic nitrogens is 2. The Balaban J connectivity index is 1.43. The standard InChI is InChI=1S/C20H19F2N5O/c21-17-6-3-15(13-18(17)22)24-19-7-8-23-20(26-19)25-14-1-4-16(5-2-14)27-9-11-28-12-10-27/h1-8,13H,9-12H2,(H2,23,24,25,26). The summed E-state index contributed by atoms with van der Waals surface area (Å²) in [6.45, 7) is 3.25. The van der Waals surface area contributed by atoms with Gasteiger partial charge in [-0.25, -0.2) is 13.8 Å². The van der Waals surface area contributed by atoms with Gasteiger partial charge in [0.25, 0.3) is 0 Å². The van der Waals surface area contributed by atoms with Gasteiger partial charge in [-0.15, -0.1) is 0 Å². The molecular formula is C20H19F2N5O. The molecule has 2 N–H and O–H groups in total. The second kappa shape index (κ2) is 8.18. The van der Waals surface area contributed by atoms with E-state index in [9.17, 15) is 8.78 Å². The summed E-state index contributed by atoms with van der Waals surface area (Å²) in [6, 6.07) is 13.2. The number of nitrogens with one attached hydrogen (secondary N) is 2. The Kier molecular flexibility index (Phi) is 5.29. The van der Waals surface area contributed by atoms with Crippen molar-refractivity contribution in [2.24, 2.45) is 0 Å². The number of morpholine rings is 1. The van der Waals surface area contributed by atoms with Gasteiger partial charge in [0, 0.05) is 42.4 Å². The number of hydrogen-bond acceptors (Lipinski definition) is 6. The fraction of sp³-hybridized carbons (Fsp3) is 0.200. The van der Waals surface area contributed by atoms with E-state index in [4.69, 9.17) is 4.74 Å². The van der Waals surface area contributed by atoms with Gasteiger partial charge in [-0.3, -0.25) is 0 Å². The molecule has 1 fully saturated rings. The van der Waals surface area contributed by atoms with Crippen molar-refractivity contribution in [3.8, 4) is 0 Å². The van der Waals surface area contributed by atoms with Crippen LogP contribution in [0.2, 0.25) is 0 Å². The van der Waals surface area contributed by atoms with Crippen molar-refractivity contribution in [1.29, 1.82) is 0 Å². The van der Waals surface area contributed by atoms with Crippen LogP contribution in [-0.2, 0) is 4.74 Å². The van der Waals surface area contributed by atoms with E-state index in [0.717, 1.165) is 49.8 Å². The highest BCUT2D eigenvalue weighted by Crippen LogP contribution is 2.22. The van der Waals surface area contributed by atoms with E-state index in [1.807, 2.05) is 24.3 Å². The molecule has 8 heteroatoms. The van der Waals surface area contributed by atoms with Crippen LogP contribution in [0.4, 0.5) is 37.6 Å². The van der Waals surface area contributed by atoms with Crippen molar-refractivity contribution in [2.75, 3.05) is 41.8 Å². The molecule has 0 bridgehead atoms. The molecule has 3 aromatic rings. The molecule has 6 nitrogen and oxygen atoms in total. The molecule has 0 atom stereocenters. The van der Waals surface area contributed by atoms with Gasteiger partial charge in [-0.2, -0.15) is 4.98 Å². The lowest BCUT2D eigenvalue weighted by atomic mass is 10.2. The van der Waals surface area contributed by atoms with E-state index in [1.165, 1.54) is 6.07 Å². The summed E-state index contributed by atoms with van der Waals surface area (Å²) in [5, 5.41) is 6.08. The number of nitrogens with zero attached hydrogens (tertiary/aromatic N) is 3. The summed E-state index contributed by atoms with van der Waals surface area (Å²) in [5.41, 5.74) is 2.39. The summed E-state index contributed by atoms with van der Waals surface area (Å²) < 4.78 is 31.8. The number of anilines is 5. The molecule has 0 aliphatic carbocycles. The van der Waals surface area contributed by atoms with E-state index in [-0.39, 0.29) is 0 Å². The third-order valence-corrected chi connectivity index (χ3v) is 4.35. The number of hydrogen-bond donors (Lipinski definition) is 2. The zero-order valence-electron chi connectivity index (χ0n) is 15.0. The smallest absolute Gasteiger partial charge is 0.229 e. The molecule has 1 saturated heterocycles. The number of benzene rings is 2. The lowest BCUT2D eigenvalue weighted by molar-refractivity contribution is 0.122. The zero-order chi connectivity index (χ0) is 19.3. The SMILES string of the molecule is Fc1ccc(Nc2ccnc(Nc3ccc(N4CCOCC4)cc3)n2)cc1F. The Labute approximate surface area is 161 Å². The van der Waals surface area contributed by atoms with Gasteiger partial charge in [0.05, 0.1) is 13.2 Å². The molecule has 0 radical (unpaired) electrons. The van der Waals surface area contributed by atoms with Crippen molar-refractivity contribution in [2.45, 2.75) is 0 Å². The summed E-state index contributed by atoms with van der Waals surface area (Å²) in [5.74, 6) is -0.950. The van der Waals surface area contributed by atoms with Crippen molar-refractivity contribution < 1.29 is 13.5 Å². The second-order valence-electron chi connectivity index (χ2n) is 6.29. The minimum atomic E-state index is -0.919. The molecular weight excluding hydrogens is 364 g/mol. The minimum Gasteiger partial charge on any atom is -0.378 e. The number of rotatable bonds is 5. The maximum absolute atomic E-state index is 13.3. The highest BCUT2D eigenvalue weighted by molar-refractivity contribution is 5.61. The van der Waals surface area contributed by atoms with Gasteiger partial charge in [0.1, 0.15) is 5.82 Å². The Hall–Kier alpha value is -3.26. The first-order valence-electron chi connectivity index (χ1n) is 8.92. The monoisotopic (exact) mass is 383 g/mol. The Morgan fingerprint density at radius 1 is 0.857 bits per heavy atom. The van der Waals surface area contributed by atoms with E-state index in [2.05, 4.69) is 25.5 Å². The molecule has 0 amide bonds. The second-order valence-corrected chi connectivity index (χ2v) is 6.29. The highest BCUT2D eigenvalue weighted by atomic mass is 19.2. The molecule has 0 unspecified atom stereocenters. The zero-order valence-corrected chi connectivity index (χ0v) is 15.0. The van der Waals surface area contributed by atoms with Gasteiger partial charge >= 0.3 is 0 Å². The van der Waals surface area contributed by atoms with E-state index in [0.29, 0.717) is 17.5 Å². The molecule has 0 saturated carbocycles. The molecule has 1 aliphatic rings. The van der Waals surface area contributed by atoms with Crippen LogP contribution in [0.15, 0.2) is 54.7 Å². The molecule has 2 heterocycles. The number of halogens is 2. The summed E-state index contributed by atoms with van der Waals surface area (Å²) >= 11 is 0. The first-order valence-corrected chi connectivity index (χ1v) is 8.92. The van der Waals surface area contributed by atoms with Crippen molar-refractivity contribution in [3.63, 3.8) is 0 Å². The van der Waals surface area contributed by atoms with Crippen LogP contribution < -0.4 is 15.5 Å². The van der Waals surface area contributed by atoms with Crippen molar-refractivity contribution in [1.82, 2.24) is 9.97 Å². The van der Waals surface area contributed by atoms with Crippen LogP contribution in [0.1, 0.15) is 0 Å². The first-order chi connectivity index (χ1) is 13.7. The van der Waals surface area contributed by atoms with E-state index >= 15 is 0 Å². The molecule has 28 heavy (non-hydrogen) atoms. The van der Waals surface area contributed by atoms with Crippen molar-refractivity contribution >= 4 is 28.8 Å². The van der Waals surface area contributed by atoms with Crippen molar-refractivity contribution in [3.05, 3.63) is 66.4 Å². The maximum atomic E-state index is 13.3. The quantitative estimate of drug-likeness (QED) is 0.692. The van der Waals surface area contributed by atoms with Crippen LogP contribution in [0.25, 0.3) is 0 Å². The van der Waals surface area contributed by atoms with Crippen LogP contribution in [0, 0.1) is 11.6 Å². The van der Waals surface area contributed by atoms with E-state index < -0.39 is 11.6 Å². The lowest BCUT2D eigenvalue weighted by Crippen LogP contribution is -2.36. The third-order valence-electron chi connectivity index (χ3n) is 4.35. The number of ether oxygens (including phenoxy) is 1. The Bertz CT molecular complexity index is 946. The molecule has 144 valence electrons. The van der Waals surface area contributed by atoms with E-state index in [1.54, 1.807) is 12.3 Å². The van der Waals surface area contributed by atoms with Gasteiger partial charge < -0.3 is 20.3 Å². The average molecular weight is 383 g/mol. The van der Waals surface area contributed by atoms with Crippen LogP contribution in [0.3, 0.4) is 0 Å². The van der Waals surface area contributed by atoms with Gasteiger partial charge in [-0.05, 0) is 42.5 Å². The molecule has 1 aromatic heterocycles. The predicted molar refractivity (Wildman–Crippen MR) is 104 cm³/mol. The summed E-state index contributed by atoms with van der Waals surface area (Å²) in [6.07, 6.45) is 1.58. The maximum Gasteiger partial charge on any atom is 0.229 e. The van der Waals surface area contributed by atoms with Crippen LogP contribution >= 0.6 is 0 Å². The average Bonchev–Trinajstić information content (AvgIpc) is 2.72. The largest absolute Gasteiger partial charge is 0.378 e. The Morgan fingerprint density at radius 2 is 1.61 bits per heavy atom. The molecule has 4 rings (SSSR count). The molecule has 1 aliphatic heterocycles. The highest BCUT2D eigenvalue weighted by Gasteiger charge is 2.11. The molecule has 2 aromatic carbocycles. The summed E-state index contributed by atoms with van der Waals surface area (Å²) in [4.78, 5) is 10.8.